The Hall–Kier alpha value is -1.62. The fraction of sp³-hybridized carbons (Fsp3) is 0.600. The predicted octanol–water partition coefficient (Wildman–Crippen LogP) is 1.63. The summed E-state index contributed by atoms with van der Waals surface area (Å²) in [4.78, 5) is 16.0. The summed E-state index contributed by atoms with van der Waals surface area (Å²) in [6, 6.07) is 4.26. The summed E-state index contributed by atoms with van der Waals surface area (Å²) in [6.45, 7) is 1.55. The van der Waals surface area contributed by atoms with Crippen LogP contribution in [-0.2, 0) is 11.3 Å². The lowest BCUT2D eigenvalue weighted by Gasteiger charge is -2.23. The van der Waals surface area contributed by atoms with Gasteiger partial charge in [-0.2, -0.15) is 0 Å². The number of amides is 1. The summed E-state index contributed by atoms with van der Waals surface area (Å²) in [5, 5.41) is 6.38. The number of hydrogen-bond acceptors (Lipinski definition) is 4. The van der Waals surface area contributed by atoms with E-state index in [4.69, 9.17) is 4.74 Å². The lowest BCUT2D eigenvalue weighted by Crippen LogP contribution is -2.35. The predicted molar refractivity (Wildman–Crippen MR) is 77.5 cm³/mol. The van der Waals surface area contributed by atoms with Gasteiger partial charge < -0.3 is 15.4 Å². The van der Waals surface area contributed by atoms with Crippen molar-refractivity contribution in [3.8, 4) is 5.88 Å². The molecule has 0 saturated carbocycles. The van der Waals surface area contributed by atoms with Gasteiger partial charge in [0.25, 0.3) is 0 Å². The van der Waals surface area contributed by atoms with Crippen LogP contribution in [0.5, 0.6) is 5.88 Å². The number of rotatable bonds is 6. The molecule has 0 bridgehead atoms. The van der Waals surface area contributed by atoms with Crippen LogP contribution in [0.3, 0.4) is 0 Å². The van der Waals surface area contributed by atoms with Crippen molar-refractivity contribution >= 4 is 5.91 Å². The molecule has 2 rings (SSSR count). The van der Waals surface area contributed by atoms with Crippen molar-refractivity contribution in [3.05, 3.63) is 23.9 Å². The van der Waals surface area contributed by atoms with E-state index in [9.17, 15) is 4.79 Å². The first kappa shape index (κ1) is 14.8. The topological polar surface area (TPSA) is 63.2 Å². The third-order valence-electron chi connectivity index (χ3n) is 3.65. The van der Waals surface area contributed by atoms with Crippen LogP contribution in [-0.4, -0.2) is 30.6 Å². The third-order valence-corrected chi connectivity index (χ3v) is 3.65. The fourth-order valence-electron chi connectivity index (χ4n) is 2.50. The molecule has 1 atom stereocenters. The molecule has 1 unspecified atom stereocenters. The van der Waals surface area contributed by atoms with Gasteiger partial charge in [0.2, 0.25) is 11.8 Å². The number of aromatic nitrogens is 1. The van der Waals surface area contributed by atoms with E-state index >= 15 is 0 Å². The maximum atomic E-state index is 11.9. The highest BCUT2D eigenvalue weighted by Crippen LogP contribution is 2.14. The van der Waals surface area contributed by atoms with Crippen LogP contribution in [0, 0.1) is 0 Å². The van der Waals surface area contributed by atoms with Gasteiger partial charge in [-0.25, -0.2) is 4.98 Å². The molecular formula is C15H23N3O2. The Bertz CT molecular complexity index is 431. The molecule has 0 aliphatic carbocycles. The first-order valence-electron chi connectivity index (χ1n) is 7.27. The Morgan fingerprint density at radius 2 is 2.45 bits per heavy atom. The molecule has 5 heteroatoms. The van der Waals surface area contributed by atoms with Crippen LogP contribution in [0.4, 0.5) is 0 Å². The van der Waals surface area contributed by atoms with E-state index in [1.165, 1.54) is 19.3 Å². The van der Waals surface area contributed by atoms with Crippen LogP contribution >= 0.6 is 0 Å². The zero-order valence-corrected chi connectivity index (χ0v) is 12.0. The summed E-state index contributed by atoms with van der Waals surface area (Å²) < 4.78 is 5.16. The standard InChI is InChI=1S/C15H23N3O2/c1-20-15-12(5-4-10-17-15)11-18-14(19)8-7-13-6-2-3-9-16-13/h4-5,10,13,16H,2-3,6-9,11H2,1H3,(H,18,19). The van der Waals surface area contributed by atoms with E-state index in [0.29, 0.717) is 24.9 Å². The Balaban J connectivity index is 1.71. The summed E-state index contributed by atoms with van der Waals surface area (Å²) in [6.07, 6.45) is 6.87. The molecule has 5 nitrogen and oxygen atoms in total. The second-order valence-corrected chi connectivity index (χ2v) is 5.13. The number of ether oxygens (including phenoxy) is 1. The third kappa shape index (κ3) is 4.49. The SMILES string of the molecule is COc1ncccc1CNC(=O)CCC1CCCCN1. The zero-order chi connectivity index (χ0) is 14.2. The van der Waals surface area contributed by atoms with E-state index in [1.54, 1.807) is 13.3 Å². The number of methoxy groups -OCH3 is 1. The van der Waals surface area contributed by atoms with Gasteiger partial charge in [0.05, 0.1) is 7.11 Å². The molecule has 1 aromatic heterocycles. The molecule has 2 N–H and O–H groups in total. The molecule has 0 spiro atoms. The summed E-state index contributed by atoms with van der Waals surface area (Å²) in [5.74, 6) is 0.657. The number of nitrogens with zero attached hydrogens (tertiary/aromatic N) is 1. The lowest BCUT2D eigenvalue weighted by atomic mass is 10.0. The minimum absolute atomic E-state index is 0.0864. The molecule has 1 saturated heterocycles. The Labute approximate surface area is 120 Å². The number of nitrogens with one attached hydrogen (secondary N) is 2. The maximum Gasteiger partial charge on any atom is 0.220 e. The molecule has 0 radical (unpaired) electrons. The molecule has 1 aromatic rings. The summed E-state index contributed by atoms with van der Waals surface area (Å²) in [5.41, 5.74) is 0.902. The van der Waals surface area contributed by atoms with Crippen molar-refractivity contribution in [2.45, 2.75) is 44.7 Å². The zero-order valence-electron chi connectivity index (χ0n) is 12.0. The Kier molecular flexibility index (Phi) is 5.80. The molecular weight excluding hydrogens is 254 g/mol. The second-order valence-electron chi connectivity index (χ2n) is 5.13. The second kappa shape index (κ2) is 7.85. The molecule has 0 aromatic carbocycles. The van der Waals surface area contributed by atoms with Gasteiger partial charge >= 0.3 is 0 Å². The van der Waals surface area contributed by atoms with Crippen molar-refractivity contribution < 1.29 is 9.53 Å². The van der Waals surface area contributed by atoms with Crippen molar-refractivity contribution in [1.29, 1.82) is 0 Å². The Morgan fingerprint density at radius 3 is 3.20 bits per heavy atom. The number of carbonyl (C=O) groups is 1. The average Bonchev–Trinajstić information content (AvgIpc) is 2.52. The van der Waals surface area contributed by atoms with Crippen molar-refractivity contribution in [1.82, 2.24) is 15.6 Å². The molecule has 110 valence electrons. The van der Waals surface area contributed by atoms with Gasteiger partial charge in [-0.15, -0.1) is 0 Å². The van der Waals surface area contributed by atoms with Gasteiger partial charge in [-0.05, 0) is 31.9 Å². The minimum atomic E-state index is 0.0864. The van der Waals surface area contributed by atoms with Crippen molar-refractivity contribution in [3.63, 3.8) is 0 Å². The van der Waals surface area contributed by atoms with Crippen molar-refractivity contribution in [2.24, 2.45) is 0 Å². The average molecular weight is 277 g/mol. The highest BCUT2D eigenvalue weighted by molar-refractivity contribution is 5.75. The first-order valence-corrected chi connectivity index (χ1v) is 7.27. The molecule has 1 amide bonds. The highest BCUT2D eigenvalue weighted by atomic mass is 16.5. The smallest absolute Gasteiger partial charge is 0.220 e. The van der Waals surface area contributed by atoms with Gasteiger partial charge in [-0.1, -0.05) is 12.5 Å². The number of pyridine rings is 1. The van der Waals surface area contributed by atoms with Gasteiger partial charge in [0.1, 0.15) is 0 Å². The number of carbonyl (C=O) groups excluding carboxylic acids is 1. The largest absolute Gasteiger partial charge is 0.481 e. The van der Waals surface area contributed by atoms with Crippen LogP contribution in [0.1, 0.15) is 37.7 Å². The van der Waals surface area contributed by atoms with Crippen LogP contribution in [0.15, 0.2) is 18.3 Å². The van der Waals surface area contributed by atoms with Crippen LogP contribution in [0.2, 0.25) is 0 Å². The maximum absolute atomic E-state index is 11.9. The highest BCUT2D eigenvalue weighted by Gasteiger charge is 2.14. The first-order chi connectivity index (χ1) is 9.79. The van der Waals surface area contributed by atoms with E-state index in [0.717, 1.165) is 18.5 Å². The minimum Gasteiger partial charge on any atom is -0.481 e. The lowest BCUT2D eigenvalue weighted by molar-refractivity contribution is -0.121. The van der Waals surface area contributed by atoms with Crippen LogP contribution < -0.4 is 15.4 Å². The van der Waals surface area contributed by atoms with Gasteiger partial charge in [-0.3, -0.25) is 4.79 Å². The van der Waals surface area contributed by atoms with E-state index in [1.807, 2.05) is 12.1 Å². The Morgan fingerprint density at radius 1 is 1.55 bits per heavy atom. The van der Waals surface area contributed by atoms with Crippen LogP contribution in [0.25, 0.3) is 0 Å². The fourth-order valence-corrected chi connectivity index (χ4v) is 2.50. The molecule has 1 aliphatic heterocycles. The van der Waals surface area contributed by atoms with E-state index in [2.05, 4.69) is 15.6 Å². The summed E-state index contributed by atoms with van der Waals surface area (Å²) >= 11 is 0. The monoisotopic (exact) mass is 277 g/mol. The van der Waals surface area contributed by atoms with Gasteiger partial charge in [0, 0.05) is 30.8 Å². The van der Waals surface area contributed by atoms with Gasteiger partial charge in [0.15, 0.2) is 0 Å². The van der Waals surface area contributed by atoms with Crippen molar-refractivity contribution in [2.75, 3.05) is 13.7 Å². The molecule has 20 heavy (non-hydrogen) atoms. The summed E-state index contributed by atoms with van der Waals surface area (Å²) in [7, 11) is 1.59. The van der Waals surface area contributed by atoms with E-state index < -0.39 is 0 Å². The normalized spacial score (nSPS) is 18.6. The van der Waals surface area contributed by atoms with E-state index in [-0.39, 0.29) is 5.91 Å². The number of hydrogen-bond donors (Lipinski definition) is 2. The molecule has 2 heterocycles. The quantitative estimate of drug-likeness (QED) is 0.829. The molecule has 1 aliphatic rings. The number of piperidine rings is 1. The molecule has 1 fully saturated rings.